The average molecular weight is 437 g/mol. The summed E-state index contributed by atoms with van der Waals surface area (Å²) in [6, 6.07) is 18.0. The number of amides is 2. The van der Waals surface area contributed by atoms with Crippen LogP contribution in [0.4, 0.5) is 0 Å². The third-order valence-electron chi connectivity index (χ3n) is 4.89. The third-order valence-corrected chi connectivity index (χ3v) is 5.14. The van der Waals surface area contributed by atoms with Crippen LogP contribution < -0.4 is 5.32 Å². The van der Waals surface area contributed by atoms with E-state index >= 15 is 0 Å². The van der Waals surface area contributed by atoms with Gasteiger partial charge in [0, 0.05) is 35.3 Å². The van der Waals surface area contributed by atoms with Gasteiger partial charge >= 0.3 is 0 Å². The normalized spacial score (nSPS) is 11.3. The van der Waals surface area contributed by atoms with E-state index in [1.54, 1.807) is 41.3 Å². The summed E-state index contributed by atoms with van der Waals surface area (Å²) in [5.41, 5.74) is 2.55. The number of halogens is 1. The van der Waals surface area contributed by atoms with Gasteiger partial charge in [0.2, 0.25) is 0 Å². The van der Waals surface area contributed by atoms with E-state index in [-0.39, 0.29) is 17.5 Å². The summed E-state index contributed by atoms with van der Waals surface area (Å²) >= 11 is 5.95. The lowest BCUT2D eigenvalue weighted by Gasteiger charge is -2.20. The second kappa shape index (κ2) is 10.1. The molecule has 0 saturated heterocycles. The summed E-state index contributed by atoms with van der Waals surface area (Å²) in [6.45, 7) is 6.80. The Hall–Kier alpha value is -3.31. The minimum absolute atomic E-state index is 0.159. The molecule has 0 radical (unpaired) electrons. The Morgan fingerprint density at radius 2 is 1.61 bits per heavy atom. The molecule has 2 aromatic carbocycles. The van der Waals surface area contributed by atoms with Crippen LogP contribution in [0.25, 0.3) is 17.4 Å². The van der Waals surface area contributed by atoms with Crippen molar-refractivity contribution in [3.63, 3.8) is 0 Å². The van der Waals surface area contributed by atoms with Crippen molar-refractivity contribution in [2.45, 2.75) is 20.8 Å². The molecule has 6 heteroatoms. The van der Waals surface area contributed by atoms with E-state index in [9.17, 15) is 9.59 Å². The maximum atomic E-state index is 13.0. The highest BCUT2D eigenvalue weighted by Gasteiger charge is 2.19. The smallest absolute Gasteiger partial charge is 0.270 e. The minimum atomic E-state index is -0.351. The Morgan fingerprint density at radius 3 is 2.23 bits per heavy atom. The van der Waals surface area contributed by atoms with E-state index in [1.807, 2.05) is 51.1 Å². The quantitative estimate of drug-likeness (QED) is 0.494. The van der Waals surface area contributed by atoms with E-state index in [2.05, 4.69) is 5.32 Å². The molecule has 31 heavy (non-hydrogen) atoms. The van der Waals surface area contributed by atoms with Crippen LogP contribution >= 0.6 is 11.6 Å². The Kier molecular flexibility index (Phi) is 7.32. The van der Waals surface area contributed by atoms with E-state index in [0.717, 1.165) is 11.1 Å². The van der Waals surface area contributed by atoms with Crippen molar-refractivity contribution in [2.24, 2.45) is 0 Å². The third kappa shape index (κ3) is 5.64. The molecule has 0 aliphatic carbocycles. The minimum Gasteiger partial charge on any atom is -0.457 e. The number of rotatable bonds is 7. The van der Waals surface area contributed by atoms with Gasteiger partial charge in [0.25, 0.3) is 11.8 Å². The predicted molar refractivity (Wildman–Crippen MR) is 124 cm³/mol. The van der Waals surface area contributed by atoms with Crippen LogP contribution in [0.15, 0.2) is 70.8 Å². The highest BCUT2D eigenvalue weighted by Crippen LogP contribution is 2.25. The molecule has 3 rings (SSSR count). The topological polar surface area (TPSA) is 62.6 Å². The van der Waals surface area contributed by atoms with Crippen LogP contribution in [0.5, 0.6) is 0 Å². The van der Waals surface area contributed by atoms with Gasteiger partial charge in [-0.2, -0.15) is 0 Å². The van der Waals surface area contributed by atoms with E-state index < -0.39 is 0 Å². The number of carbonyl (C=O) groups excluding carboxylic acids is 2. The van der Waals surface area contributed by atoms with Gasteiger partial charge in [0.05, 0.1) is 0 Å². The molecule has 0 aliphatic heterocycles. The SMILES string of the molecule is CCN(CC)C(=O)/C(=C\c1ccc(-c2ccc(Cl)cc2)o1)NC(=O)c1ccc(C)cc1. The van der Waals surface area contributed by atoms with Crippen molar-refractivity contribution in [3.05, 3.63) is 88.3 Å². The highest BCUT2D eigenvalue weighted by atomic mass is 35.5. The highest BCUT2D eigenvalue weighted by molar-refractivity contribution is 6.30. The fourth-order valence-electron chi connectivity index (χ4n) is 3.07. The number of carbonyl (C=O) groups is 2. The number of nitrogens with one attached hydrogen (secondary N) is 1. The molecule has 0 atom stereocenters. The monoisotopic (exact) mass is 436 g/mol. The summed E-state index contributed by atoms with van der Waals surface area (Å²) in [5.74, 6) is 0.484. The summed E-state index contributed by atoms with van der Waals surface area (Å²) in [4.78, 5) is 27.4. The molecule has 160 valence electrons. The summed E-state index contributed by atoms with van der Waals surface area (Å²) in [7, 11) is 0. The van der Waals surface area contributed by atoms with Crippen LogP contribution in [0.1, 0.15) is 35.5 Å². The molecule has 3 aromatic rings. The Balaban J connectivity index is 1.91. The lowest BCUT2D eigenvalue weighted by atomic mass is 10.1. The molecule has 2 amide bonds. The van der Waals surface area contributed by atoms with Crippen molar-refractivity contribution in [1.82, 2.24) is 10.2 Å². The molecular formula is C25H25ClN2O3. The van der Waals surface area contributed by atoms with Gasteiger partial charge in [-0.3, -0.25) is 9.59 Å². The standard InChI is InChI=1S/C25H25ClN2O3/c1-4-28(5-2)25(30)22(27-24(29)19-8-6-17(3)7-9-19)16-21-14-15-23(31-21)18-10-12-20(26)13-11-18/h6-16H,4-5H2,1-3H3,(H,27,29)/b22-16+. The molecule has 0 aliphatic rings. The first kappa shape index (κ1) is 22.4. The van der Waals surface area contributed by atoms with Crippen molar-refractivity contribution in [3.8, 4) is 11.3 Å². The van der Waals surface area contributed by atoms with E-state index in [1.165, 1.54) is 0 Å². The zero-order valence-corrected chi connectivity index (χ0v) is 18.6. The van der Waals surface area contributed by atoms with Gasteiger partial charge in [0.15, 0.2) is 0 Å². The van der Waals surface area contributed by atoms with Crippen LogP contribution in [0.2, 0.25) is 5.02 Å². The second-order valence-electron chi connectivity index (χ2n) is 7.06. The van der Waals surface area contributed by atoms with Crippen LogP contribution in [0, 0.1) is 6.92 Å². The number of hydrogen-bond donors (Lipinski definition) is 1. The Labute approximate surface area is 187 Å². The van der Waals surface area contributed by atoms with Crippen LogP contribution in [0.3, 0.4) is 0 Å². The van der Waals surface area contributed by atoms with Gasteiger partial charge < -0.3 is 14.6 Å². The Morgan fingerprint density at radius 1 is 0.968 bits per heavy atom. The van der Waals surface area contributed by atoms with Gasteiger partial charge in [-0.1, -0.05) is 29.3 Å². The molecule has 0 spiro atoms. The summed E-state index contributed by atoms with van der Waals surface area (Å²) < 4.78 is 5.90. The van der Waals surface area contributed by atoms with Crippen molar-refractivity contribution in [1.29, 1.82) is 0 Å². The van der Waals surface area contributed by atoms with Crippen LogP contribution in [-0.2, 0) is 4.79 Å². The molecule has 0 bridgehead atoms. The van der Waals surface area contributed by atoms with E-state index in [0.29, 0.717) is 35.2 Å². The number of hydrogen-bond acceptors (Lipinski definition) is 3. The van der Waals surface area contributed by atoms with Crippen molar-refractivity contribution < 1.29 is 14.0 Å². The molecule has 1 heterocycles. The molecule has 1 aromatic heterocycles. The largest absolute Gasteiger partial charge is 0.457 e. The number of furan rings is 1. The maximum absolute atomic E-state index is 13.0. The number of aryl methyl sites for hydroxylation is 1. The van der Waals surface area contributed by atoms with Gasteiger partial charge in [-0.25, -0.2) is 0 Å². The van der Waals surface area contributed by atoms with Gasteiger partial charge in [-0.15, -0.1) is 0 Å². The number of benzene rings is 2. The lowest BCUT2D eigenvalue weighted by molar-refractivity contribution is -0.127. The Bertz CT molecular complexity index is 1080. The fourth-order valence-corrected chi connectivity index (χ4v) is 3.20. The summed E-state index contributed by atoms with van der Waals surface area (Å²) in [5, 5.41) is 3.40. The zero-order chi connectivity index (χ0) is 22.4. The molecule has 0 fully saturated rings. The average Bonchev–Trinajstić information content (AvgIpc) is 3.23. The zero-order valence-electron chi connectivity index (χ0n) is 17.8. The van der Waals surface area contributed by atoms with Gasteiger partial charge in [0.1, 0.15) is 17.2 Å². The molecule has 0 unspecified atom stereocenters. The first-order valence-corrected chi connectivity index (χ1v) is 10.5. The second-order valence-corrected chi connectivity index (χ2v) is 7.50. The molecule has 1 N–H and O–H groups in total. The maximum Gasteiger partial charge on any atom is 0.270 e. The molecule has 5 nitrogen and oxygen atoms in total. The number of nitrogens with zero attached hydrogens (tertiary/aromatic N) is 1. The summed E-state index contributed by atoms with van der Waals surface area (Å²) in [6.07, 6.45) is 1.56. The predicted octanol–water partition coefficient (Wildman–Crippen LogP) is 5.55. The van der Waals surface area contributed by atoms with Crippen molar-refractivity contribution >= 4 is 29.5 Å². The van der Waals surface area contributed by atoms with Crippen molar-refractivity contribution in [2.75, 3.05) is 13.1 Å². The lowest BCUT2D eigenvalue weighted by Crippen LogP contribution is -2.38. The first-order chi connectivity index (χ1) is 14.9. The first-order valence-electron chi connectivity index (χ1n) is 10.2. The van der Waals surface area contributed by atoms with E-state index in [4.69, 9.17) is 16.0 Å². The molecular weight excluding hydrogens is 412 g/mol. The van der Waals surface area contributed by atoms with Gasteiger partial charge in [-0.05, 0) is 69.3 Å². The number of likely N-dealkylation sites (N-methyl/N-ethyl adjacent to an activating group) is 1. The fraction of sp³-hybridized carbons (Fsp3) is 0.200. The van der Waals surface area contributed by atoms with Crippen LogP contribution in [-0.4, -0.2) is 29.8 Å². The molecule has 0 saturated carbocycles.